The number of carbonyl (C=O) groups is 2. The number of amides is 1. The molecule has 1 amide bonds. The first kappa shape index (κ1) is 16.3. The average molecular weight is 300 g/mol. The summed E-state index contributed by atoms with van der Waals surface area (Å²) in [6.07, 6.45) is 0.0141. The van der Waals surface area contributed by atoms with Crippen LogP contribution < -0.4 is 10.1 Å². The zero-order valence-corrected chi connectivity index (χ0v) is 12.4. The van der Waals surface area contributed by atoms with Crippen molar-refractivity contribution in [3.8, 4) is 5.75 Å². The summed E-state index contributed by atoms with van der Waals surface area (Å²) >= 11 is 5.88. The van der Waals surface area contributed by atoms with Gasteiger partial charge in [0.25, 0.3) is 0 Å². The number of hydrogen-bond donors (Lipinski definition) is 2. The lowest BCUT2D eigenvalue weighted by Crippen LogP contribution is -2.44. The maximum Gasteiger partial charge on any atom is 0.326 e. The molecule has 6 heteroatoms. The van der Waals surface area contributed by atoms with Crippen molar-refractivity contribution in [1.82, 2.24) is 5.32 Å². The molecule has 0 saturated heterocycles. The number of aliphatic carboxylic acids is 1. The number of rotatable bonds is 6. The van der Waals surface area contributed by atoms with Crippen molar-refractivity contribution >= 4 is 23.5 Å². The quantitative estimate of drug-likeness (QED) is 0.843. The number of carboxylic acid groups (broad SMARTS) is 1. The number of carboxylic acids is 1. The minimum Gasteiger partial charge on any atom is -0.496 e. The third kappa shape index (κ3) is 4.42. The molecule has 1 rings (SSSR count). The zero-order chi connectivity index (χ0) is 15.3. The lowest BCUT2D eigenvalue weighted by molar-refractivity contribution is -0.143. The number of halogens is 1. The highest BCUT2D eigenvalue weighted by Crippen LogP contribution is 2.23. The van der Waals surface area contributed by atoms with Crippen molar-refractivity contribution in [3.63, 3.8) is 0 Å². The Morgan fingerprint density at radius 1 is 1.40 bits per heavy atom. The van der Waals surface area contributed by atoms with E-state index in [-0.39, 0.29) is 18.2 Å². The summed E-state index contributed by atoms with van der Waals surface area (Å²) in [6, 6.07) is 4.05. The van der Waals surface area contributed by atoms with Crippen LogP contribution in [0.3, 0.4) is 0 Å². The van der Waals surface area contributed by atoms with Gasteiger partial charge in [0, 0.05) is 10.6 Å². The zero-order valence-electron chi connectivity index (χ0n) is 11.6. The SMILES string of the molecule is COc1ccc(Cl)cc1CC(=O)NC(C(=O)O)C(C)C. The summed E-state index contributed by atoms with van der Waals surface area (Å²) in [4.78, 5) is 23.0. The average Bonchev–Trinajstić information content (AvgIpc) is 2.35. The van der Waals surface area contributed by atoms with E-state index in [1.54, 1.807) is 32.0 Å². The van der Waals surface area contributed by atoms with Gasteiger partial charge in [-0.2, -0.15) is 0 Å². The first-order chi connectivity index (χ1) is 9.35. The highest BCUT2D eigenvalue weighted by molar-refractivity contribution is 6.30. The molecular formula is C14H18ClNO4. The van der Waals surface area contributed by atoms with Gasteiger partial charge in [-0.25, -0.2) is 4.79 Å². The maximum absolute atomic E-state index is 11.9. The minimum absolute atomic E-state index is 0.0141. The molecule has 0 aromatic heterocycles. The summed E-state index contributed by atoms with van der Waals surface area (Å²) in [5, 5.41) is 12.0. The van der Waals surface area contributed by atoms with E-state index in [1.165, 1.54) is 7.11 Å². The van der Waals surface area contributed by atoms with Crippen LogP contribution in [0.2, 0.25) is 5.02 Å². The Bertz CT molecular complexity index is 502. The van der Waals surface area contributed by atoms with Gasteiger partial charge in [0.2, 0.25) is 5.91 Å². The monoisotopic (exact) mass is 299 g/mol. The number of carbonyl (C=O) groups excluding carboxylic acids is 1. The Kier molecular flexibility index (Phi) is 5.82. The van der Waals surface area contributed by atoms with E-state index in [2.05, 4.69) is 5.32 Å². The first-order valence-corrected chi connectivity index (χ1v) is 6.57. The number of hydrogen-bond acceptors (Lipinski definition) is 3. The van der Waals surface area contributed by atoms with Crippen LogP contribution in [0.15, 0.2) is 18.2 Å². The van der Waals surface area contributed by atoms with Crippen LogP contribution >= 0.6 is 11.6 Å². The van der Waals surface area contributed by atoms with E-state index >= 15 is 0 Å². The van der Waals surface area contributed by atoms with Crippen molar-refractivity contribution in [2.24, 2.45) is 5.92 Å². The summed E-state index contributed by atoms with van der Waals surface area (Å²) < 4.78 is 5.15. The molecule has 0 saturated carbocycles. The molecule has 5 nitrogen and oxygen atoms in total. The van der Waals surface area contributed by atoms with Gasteiger partial charge in [-0.3, -0.25) is 4.79 Å². The molecule has 0 aliphatic rings. The molecule has 2 N–H and O–H groups in total. The maximum atomic E-state index is 11.9. The van der Waals surface area contributed by atoms with Gasteiger partial charge in [-0.15, -0.1) is 0 Å². The Labute approximate surface area is 122 Å². The second-order valence-electron chi connectivity index (χ2n) is 4.76. The molecule has 0 aliphatic heterocycles. The topological polar surface area (TPSA) is 75.6 Å². The van der Waals surface area contributed by atoms with Crippen LogP contribution in [0.5, 0.6) is 5.75 Å². The molecule has 110 valence electrons. The first-order valence-electron chi connectivity index (χ1n) is 6.19. The number of ether oxygens (including phenoxy) is 1. The van der Waals surface area contributed by atoms with Gasteiger partial charge in [-0.05, 0) is 24.1 Å². The van der Waals surface area contributed by atoms with Crippen LogP contribution in [0, 0.1) is 5.92 Å². The van der Waals surface area contributed by atoms with Crippen molar-refractivity contribution in [2.45, 2.75) is 26.3 Å². The lowest BCUT2D eigenvalue weighted by atomic mass is 10.0. The van der Waals surface area contributed by atoms with Crippen molar-refractivity contribution < 1.29 is 19.4 Å². The second-order valence-corrected chi connectivity index (χ2v) is 5.20. The Hall–Kier alpha value is -1.75. The molecule has 0 spiro atoms. The van der Waals surface area contributed by atoms with Gasteiger partial charge in [0.15, 0.2) is 0 Å². The molecule has 0 radical (unpaired) electrons. The smallest absolute Gasteiger partial charge is 0.326 e. The van der Waals surface area contributed by atoms with Gasteiger partial charge in [0.05, 0.1) is 13.5 Å². The molecule has 0 fully saturated rings. The molecule has 1 unspecified atom stereocenters. The number of nitrogens with one attached hydrogen (secondary N) is 1. The van der Waals surface area contributed by atoms with Crippen molar-refractivity contribution in [1.29, 1.82) is 0 Å². The largest absolute Gasteiger partial charge is 0.496 e. The van der Waals surface area contributed by atoms with Gasteiger partial charge >= 0.3 is 5.97 Å². The summed E-state index contributed by atoms with van der Waals surface area (Å²) in [5.41, 5.74) is 0.616. The minimum atomic E-state index is -1.05. The Morgan fingerprint density at radius 2 is 2.05 bits per heavy atom. The third-order valence-corrected chi connectivity index (χ3v) is 3.08. The highest BCUT2D eigenvalue weighted by atomic mass is 35.5. The second kappa shape index (κ2) is 7.14. The van der Waals surface area contributed by atoms with E-state index in [9.17, 15) is 9.59 Å². The molecule has 20 heavy (non-hydrogen) atoms. The van der Waals surface area contributed by atoms with E-state index in [4.69, 9.17) is 21.4 Å². The van der Waals surface area contributed by atoms with Gasteiger partial charge < -0.3 is 15.2 Å². The van der Waals surface area contributed by atoms with Crippen LogP contribution in [0.1, 0.15) is 19.4 Å². The van der Waals surface area contributed by atoms with Gasteiger partial charge in [-0.1, -0.05) is 25.4 Å². The van der Waals surface area contributed by atoms with Crippen LogP contribution in [-0.4, -0.2) is 30.1 Å². The molecule has 1 atom stereocenters. The van der Waals surface area contributed by atoms with Crippen molar-refractivity contribution in [2.75, 3.05) is 7.11 Å². The normalized spacial score (nSPS) is 12.1. The fraction of sp³-hybridized carbons (Fsp3) is 0.429. The fourth-order valence-electron chi connectivity index (χ4n) is 1.80. The number of benzene rings is 1. The van der Waals surface area contributed by atoms with E-state index < -0.39 is 12.0 Å². The Balaban J connectivity index is 2.80. The molecule has 0 aliphatic carbocycles. The van der Waals surface area contributed by atoms with Gasteiger partial charge in [0.1, 0.15) is 11.8 Å². The highest BCUT2D eigenvalue weighted by Gasteiger charge is 2.23. The summed E-state index contributed by atoms with van der Waals surface area (Å²) in [7, 11) is 1.50. The molecule has 1 aromatic carbocycles. The van der Waals surface area contributed by atoms with Crippen LogP contribution in [-0.2, 0) is 16.0 Å². The molecule has 1 aromatic rings. The molecule has 0 bridgehead atoms. The third-order valence-electron chi connectivity index (χ3n) is 2.84. The summed E-state index contributed by atoms with van der Waals surface area (Å²) in [5.74, 6) is -1.09. The molecule has 0 heterocycles. The fourth-order valence-corrected chi connectivity index (χ4v) is 1.99. The van der Waals surface area contributed by atoms with E-state index in [0.29, 0.717) is 16.3 Å². The standard InChI is InChI=1S/C14H18ClNO4/c1-8(2)13(14(18)19)16-12(17)7-9-6-10(15)4-5-11(9)20-3/h4-6,8,13H,7H2,1-3H3,(H,16,17)(H,18,19). The number of methoxy groups -OCH3 is 1. The summed E-state index contributed by atoms with van der Waals surface area (Å²) in [6.45, 7) is 3.47. The Morgan fingerprint density at radius 3 is 2.55 bits per heavy atom. The van der Waals surface area contributed by atoms with E-state index in [1.807, 2.05) is 0 Å². The molecular weight excluding hydrogens is 282 g/mol. The van der Waals surface area contributed by atoms with Crippen LogP contribution in [0.25, 0.3) is 0 Å². The predicted octanol–water partition coefficient (Wildman–Crippen LogP) is 2.12. The van der Waals surface area contributed by atoms with Crippen molar-refractivity contribution in [3.05, 3.63) is 28.8 Å². The predicted molar refractivity (Wildman–Crippen MR) is 76.1 cm³/mol. The van der Waals surface area contributed by atoms with E-state index in [0.717, 1.165) is 0 Å². The van der Waals surface area contributed by atoms with Crippen LogP contribution in [0.4, 0.5) is 0 Å². The lowest BCUT2D eigenvalue weighted by Gasteiger charge is -2.18.